The first kappa shape index (κ1) is 21.5. The molecule has 1 atom stereocenters. The van der Waals surface area contributed by atoms with Gasteiger partial charge < -0.3 is 10.6 Å². The van der Waals surface area contributed by atoms with Crippen molar-refractivity contribution < 1.29 is 9.59 Å². The van der Waals surface area contributed by atoms with Crippen molar-refractivity contribution in [1.82, 2.24) is 15.1 Å². The molecular weight excluding hydrogens is 388 g/mol. The van der Waals surface area contributed by atoms with E-state index in [1.807, 2.05) is 36.4 Å². The lowest BCUT2D eigenvalue weighted by Crippen LogP contribution is -2.46. The van der Waals surface area contributed by atoms with Gasteiger partial charge in [-0.3, -0.25) is 19.4 Å². The molecule has 4 rings (SSSR count). The number of rotatable bonds is 7. The van der Waals surface area contributed by atoms with Crippen LogP contribution in [-0.4, -0.2) is 60.4 Å². The number of nitrogens with zero attached hydrogens (tertiary/aromatic N) is 2. The topological polar surface area (TPSA) is 64.7 Å². The number of para-hydroxylation sites is 1. The van der Waals surface area contributed by atoms with Crippen LogP contribution in [0.15, 0.2) is 60.7 Å². The maximum atomic E-state index is 12.5. The third-order valence-corrected chi connectivity index (χ3v) is 6.25. The maximum absolute atomic E-state index is 12.5. The molecule has 0 radical (unpaired) electrons. The lowest BCUT2D eigenvalue weighted by molar-refractivity contribution is -0.123. The maximum Gasteiger partial charge on any atom is 0.234 e. The minimum atomic E-state index is 0.0147. The Hall–Kier alpha value is -2.70. The van der Waals surface area contributed by atoms with Gasteiger partial charge >= 0.3 is 0 Å². The summed E-state index contributed by atoms with van der Waals surface area (Å²) in [4.78, 5) is 29.6. The van der Waals surface area contributed by atoms with Gasteiger partial charge in [-0.05, 0) is 50.0 Å². The second-order valence-electron chi connectivity index (χ2n) is 8.68. The van der Waals surface area contributed by atoms with Crippen LogP contribution in [0, 0.1) is 5.92 Å². The van der Waals surface area contributed by atoms with Crippen LogP contribution < -0.4 is 10.6 Å². The van der Waals surface area contributed by atoms with E-state index in [0.717, 1.165) is 57.7 Å². The highest BCUT2D eigenvalue weighted by atomic mass is 16.2. The molecule has 2 heterocycles. The predicted molar refractivity (Wildman–Crippen MR) is 123 cm³/mol. The van der Waals surface area contributed by atoms with Gasteiger partial charge in [-0.15, -0.1) is 0 Å². The Kier molecular flexibility index (Phi) is 7.33. The number of amides is 2. The molecule has 164 valence electrons. The zero-order valence-electron chi connectivity index (χ0n) is 18.0. The van der Waals surface area contributed by atoms with Crippen LogP contribution in [0.1, 0.15) is 24.8 Å². The molecule has 2 saturated heterocycles. The Bertz CT molecular complexity index is 850. The number of likely N-dealkylation sites (tertiary alicyclic amines) is 2. The van der Waals surface area contributed by atoms with Gasteiger partial charge in [0.1, 0.15) is 0 Å². The fourth-order valence-corrected chi connectivity index (χ4v) is 4.53. The smallest absolute Gasteiger partial charge is 0.234 e. The van der Waals surface area contributed by atoms with E-state index in [9.17, 15) is 9.59 Å². The number of nitrogens with one attached hydrogen (secondary N) is 2. The number of hydrogen-bond acceptors (Lipinski definition) is 4. The highest BCUT2D eigenvalue weighted by Crippen LogP contribution is 2.19. The normalized spacial score (nSPS) is 20.5. The van der Waals surface area contributed by atoms with E-state index in [1.165, 1.54) is 5.56 Å². The van der Waals surface area contributed by atoms with E-state index < -0.39 is 0 Å². The van der Waals surface area contributed by atoms with Gasteiger partial charge in [-0.25, -0.2) is 0 Å². The zero-order valence-corrected chi connectivity index (χ0v) is 18.0. The molecule has 0 aromatic heterocycles. The number of carbonyl (C=O) groups excluding carboxylic acids is 2. The van der Waals surface area contributed by atoms with E-state index in [2.05, 4.69) is 44.7 Å². The van der Waals surface area contributed by atoms with Crippen LogP contribution in [-0.2, 0) is 16.1 Å². The highest BCUT2D eigenvalue weighted by molar-refractivity contribution is 5.92. The van der Waals surface area contributed by atoms with Crippen molar-refractivity contribution in [2.75, 3.05) is 38.0 Å². The summed E-state index contributed by atoms with van der Waals surface area (Å²) in [5, 5.41) is 6.20. The average Bonchev–Trinajstić information content (AvgIpc) is 3.22. The molecule has 6 heteroatoms. The Labute approximate surface area is 184 Å². The molecule has 0 bridgehead atoms. The predicted octanol–water partition coefficient (Wildman–Crippen LogP) is 2.73. The highest BCUT2D eigenvalue weighted by Gasteiger charge is 2.28. The van der Waals surface area contributed by atoms with Gasteiger partial charge in [0, 0.05) is 37.3 Å². The molecule has 2 amide bonds. The Balaban J connectivity index is 1.15. The monoisotopic (exact) mass is 420 g/mol. The molecule has 2 N–H and O–H groups in total. The fraction of sp³-hybridized carbons (Fsp3) is 0.440. The van der Waals surface area contributed by atoms with E-state index in [4.69, 9.17) is 0 Å². The van der Waals surface area contributed by atoms with Gasteiger partial charge in [0.15, 0.2) is 0 Å². The molecule has 0 unspecified atom stereocenters. The summed E-state index contributed by atoms with van der Waals surface area (Å²) >= 11 is 0. The van der Waals surface area contributed by atoms with Crippen LogP contribution in [0.25, 0.3) is 0 Å². The Morgan fingerprint density at radius 1 is 0.839 bits per heavy atom. The summed E-state index contributed by atoms with van der Waals surface area (Å²) in [6.45, 7) is 4.84. The summed E-state index contributed by atoms with van der Waals surface area (Å²) < 4.78 is 0. The molecular formula is C25H32N4O2. The molecule has 2 aromatic carbocycles. The van der Waals surface area contributed by atoms with Crippen molar-refractivity contribution in [2.45, 2.75) is 31.8 Å². The van der Waals surface area contributed by atoms with E-state index in [-0.39, 0.29) is 23.8 Å². The lowest BCUT2D eigenvalue weighted by Gasteiger charge is -2.31. The van der Waals surface area contributed by atoms with Crippen molar-refractivity contribution in [1.29, 1.82) is 0 Å². The summed E-state index contributed by atoms with van der Waals surface area (Å²) in [5.74, 6) is 0.194. The van der Waals surface area contributed by atoms with Crippen LogP contribution in [0.3, 0.4) is 0 Å². The second-order valence-corrected chi connectivity index (χ2v) is 8.68. The number of benzene rings is 2. The third-order valence-electron chi connectivity index (χ3n) is 6.25. The minimum absolute atomic E-state index is 0.0147. The third kappa shape index (κ3) is 6.39. The molecule has 2 fully saturated rings. The summed E-state index contributed by atoms with van der Waals surface area (Å²) in [6.07, 6.45) is 2.58. The second kappa shape index (κ2) is 10.6. The standard InChI is InChI=1S/C25H32N4O2/c30-24(26-23-13-16-29(18-23)17-20-7-3-1-4-8-20)19-28-14-11-21(12-15-28)25(31)27-22-9-5-2-6-10-22/h1-10,21,23H,11-19H2,(H,26,30)(H,27,31)/t23-/m0/s1. The first-order chi connectivity index (χ1) is 15.2. The van der Waals surface area contributed by atoms with Crippen LogP contribution in [0.2, 0.25) is 0 Å². The van der Waals surface area contributed by atoms with Crippen molar-refractivity contribution in [3.63, 3.8) is 0 Å². The van der Waals surface area contributed by atoms with E-state index >= 15 is 0 Å². The SMILES string of the molecule is O=C(CN1CCC(C(=O)Nc2ccccc2)CC1)N[C@H]1CCN(Cc2ccccc2)C1. The Morgan fingerprint density at radius 3 is 2.19 bits per heavy atom. The fourth-order valence-electron chi connectivity index (χ4n) is 4.53. The molecule has 2 aliphatic rings. The van der Waals surface area contributed by atoms with Crippen molar-refractivity contribution in [2.24, 2.45) is 5.92 Å². The molecule has 0 aliphatic carbocycles. The van der Waals surface area contributed by atoms with E-state index in [1.54, 1.807) is 0 Å². The van der Waals surface area contributed by atoms with Gasteiger partial charge in [0.25, 0.3) is 0 Å². The van der Waals surface area contributed by atoms with Crippen molar-refractivity contribution in [3.05, 3.63) is 66.2 Å². The van der Waals surface area contributed by atoms with Crippen LogP contribution in [0.5, 0.6) is 0 Å². The summed E-state index contributed by atoms with van der Waals surface area (Å²) in [5.41, 5.74) is 2.15. The molecule has 31 heavy (non-hydrogen) atoms. The van der Waals surface area contributed by atoms with Crippen LogP contribution >= 0.6 is 0 Å². The number of piperidine rings is 1. The van der Waals surface area contributed by atoms with Crippen molar-refractivity contribution in [3.8, 4) is 0 Å². The zero-order chi connectivity index (χ0) is 21.5. The molecule has 2 aromatic rings. The number of anilines is 1. The van der Waals surface area contributed by atoms with Crippen LogP contribution in [0.4, 0.5) is 5.69 Å². The molecule has 0 spiro atoms. The molecule has 0 saturated carbocycles. The quantitative estimate of drug-likeness (QED) is 0.723. The molecule has 6 nitrogen and oxygen atoms in total. The van der Waals surface area contributed by atoms with E-state index in [0.29, 0.717) is 6.54 Å². The minimum Gasteiger partial charge on any atom is -0.351 e. The summed E-state index contributed by atoms with van der Waals surface area (Å²) in [6, 6.07) is 20.3. The first-order valence-corrected chi connectivity index (χ1v) is 11.3. The first-order valence-electron chi connectivity index (χ1n) is 11.3. The largest absolute Gasteiger partial charge is 0.351 e. The summed E-state index contributed by atoms with van der Waals surface area (Å²) in [7, 11) is 0. The van der Waals surface area contributed by atoms with Gasteiger partial charge in [-0.1, -0.05) is 48.5 Å². The lowest BCUT2D eigenvalue weighted by atomic mass is 9.96. The van der Waals surface area contributed by atoms with Gasteiger partial charge in [-0.2, -0.15) is 0 Å². The molecule has 2 aliphatic heterocycles. The van der Waals surface area contributed by atoms with Gasteiger partial charge in [0.05, 0.1) is 6.54 Å². The number of hydrogen-bond donors (Lipinski definition) is 2. The van der Waals surface area contributed by atoms with Crippen molar-refractivity contribution >= 4 is 17.5 Å². The Morgan fingerprint density at radius 2 is 1.48 bits per heavy atom. The number of carbonyl (C=O) groups is 2. The van der Waals surface area contributed by atoms with Gasteiger partial charge in [0.2, 0.25) is 11.8 Å². The average molecular weight is 421 g/mol.